The highest BCUT2D eigenvalue weighted by Gasteiger charge is 2.13. The van der Waals surface area contributed by atoms with Crippen molar-refractivity contribution < 1.29 is 5.11 Å². The number of nitrogens with one attached hydrogen (secondary N) is 1. The lowest BCUT2D eigenvalue weighted by Crippen LogP contribution is -2.03. The quantitative estimate of drug-likeness (QED) is 0.279. The molecule has 0 atom stereocenters. The maximum absolute atomic E-state index is 10.4. The first-order valence-electron chi connectivity index (χ1n) is 8.04. The Bertz CT molecular complexity index is 1090. The van der Waals surface area contributed by atoms with Crippen molar-refractivity contribution in [2.75, 3.05) is 5.43 Å². The molecular weight excluding hydrogens is 531 g/mol. The Morgan fingerprint density at radius 1 is 1.07 bits per heavy atom. The largest absolute Gasteiger partial charge is 0.506 e. The molecule has 9 heteroatoms. The van der Waals surface area contributed by atoms with E-state index < -0.39 is 0 Å². The normalized spacial score (nSPS) is 11.6. The first-order valence-corrected chi connectivity index (χ1v) is 10.4. The molecule has 0 spiro atoms. The van der Waals surface area contributed by atoms with Crippen molar-refractivity contribution in [3.8, 4) is 17.1 Å². The summed E-state index contributed by atoms with van der Waals surface area (Å²) in [5.41, 5.74) is 5.71. The fraction of sp³-hybridized carbons (Fsp3) is 0.105. The second kappa shape index (κ2) is 8.78. The van der Waals surface area contributed by atoms with Gasteiger partial charge in [-0.2, -0.15) is 5.10 Å². The number of aromatic nitrogens is 2. The summed E-state index contributed by atoms with van der Waals surface area (Å²) in [5.74, 6) is 0.942. The molecular formula is C19H14Br2Cl2N4O. The van der Waals surface area contributed by atoms with E-state index in [1.54, 1.807) is 30.3 Å². The third kappa shape index (κ3) is 4.84. The highest BCUT2D eigenvalue weighted by atomic mass is 79.9. The van der Waals surface area contributed by atoms with Crippen molar-refractivity contribution in [1.29, 1.82) is 0 Å². The van der Waals surface area contributed by atoms with Crippen molar-refractivity contribution in [1.82, 2.24) is 9.97 Å². The molecule has 0 saturated carbocycles. The first-order chi connectivity index (χ1) is 13.2. The summed E-state index contributed by atoms with van der Waals surface area (Å²) in [7, 11) is 0. The molecule has 2 aromatic carbocycles. The zero-order valence-corrected chi connectivity index (χ0v) is 19.4. The average molecular weight is 545 g/mol. The van der Waals surface area contributed by atoms with Gasteiger partial charge in [-0.25, -0.2) is 9.97 Å². The second-order valence-corrected chi connectivity index (χ2v) is 8.52. The monoisotopic (exact) mass is 542 g/mol. The molecule has 0 amide bonds. The van der Waals surface area contributed by atoms with Gasteiger partial charge in [-0.1, -0.05) is 45.2 Å². The van der Waals surface area contributed by atoms with Crippen molar-refractivity contribution in [2.45, 2.75) is 13.8 Å². The molecule has 1 aromatic heterocycles. The van der Waals surface area contributed by atoms with Crippen LogP contribution in [0.4, 0.5) is 5.82 Å². The molecule has 1 heterocycles. The number of nitrogens with zero attached hydrogens (tertiary/aromatic N) is 3. The lowest BCUT2D eigenvalue weighted by Gasteiger charge is -2.10. The van der Waals surface area contributed by atoms with Crippen LogP contribution < -0.4 is 5.43 Å². The molecule has 0 radical (unpaired) electrons. The zero-order valence-electron chi connectivity index (χ0n) is 14.8. The topological polar surface area (TPSA) is 70.4 Å². The molecule has 28 heavy (non-hydrogen) atoms. The predicted molar refractivity (Wildman–Crippen MR) is 122 cm³/mol. The summed E-state index contributed by atoms with van der Waals surface area (Å²) >= 11 is 18.8. The van der Waals surface area contributed by atoms with E-state index in [-0.39, 0.29) is 5.75 Å². The molecule has 0 saturated heterocycles. The molecule has 144 valence electrons. The standard InChI is InChI=1S/C19H14Br2Cl2N4O/c1-9-5-17(27-26-10(2)11-3-4-15(22)16(23)6-11)25-19(24-9)13-7-12(20)8-14(21)18(13)28/h3-8,28H,1-2H3,(H,24,25,27). The smallest absolute Gasteiger partial charge is 0.165 e. The number of aromatic hydroxyl groups is 1. The Labute approximate surface area is 189 Å². The van der Waals surface area contributed by atoms with E-state index in [0.29, 0.717) is 37.4 Å². The highest BCUT2D eigenvalue weighted by Crippen LogP contribution is 2.37. The molecule has 0 fully saturated rings. The number of hydrazone groups is 1. The van der Waals surface area contributed by atoms with Gasteiger partial charge in [0.25, 0.3) is 0 Å². The number of anilines is 1. The van der Waals surface area contributed by atoms with Gasteiger partial charge < -0.3 is 5.11 Å². The Morgan fingerprint density at radius 2 is 1.82 bits per heavy atom. The third-order valence-corrected chi connectivity index (χ3v) is 5.60. The molecule has 0 aliphatic carbocycles. The third-order valence-electron chi connectivity index (χ3n) is 3.80. The number of phenols is 1. The van der Waals surface area contributed by atoms with Crippen molar-refractivity contribution >= 4 is 66.6 Å². The Balaban J connectivity index is 1.93. The van der Waals surface area contributed by atoms with Crippen LogP contribution in [0.15, 0.2) is 50.4 Å². The van der Waals surface area contributed by atoms with E-state index in [1.165, 1.54) is 0 Å². The molecule has 0 bridgehead atoms. The molecule has 5 nitrogen and oxygen atoms in total. The van der Waals surface area contributed by atoms with Gasteiger partial charge in [-0.05, 0) is 59.6 Å². The van der Waals surface area contributed by atoms with Gasteiger partial charge in [0.2, 0.25) is 0 Å². The van der Waals surface area contributed by atoms with Crippen LogP contribution in [0.2, 0.25) is 10.0 Å². The van der Waals surface area contributed by atoms with Gasteiger partial charge in [-0.3, -0.25) is 5.43 Å². The van der Waals surface area contributed by atoms with Crippen LogP contribution >= 0.6 is 55.1 Å². The Hall–Kier alpha value is -1.67. The minimum absolute atomic E-state index is 0.0650. The molecule has 0 aliphatic heterocycles. The number of phenolic OH excluding ortho intramolecular Hbond substituents is 1. The van der Waals surface area contributed by atoms with Gasteiger partial charge in [0.05, 0.1) is 25.8 Å². The Morgan fingerprint density at radius 3 is 2.54 bits per heavy atom. The van der Waals surface area contributed by atoms with Gasteiger partial charge in [0, 0.05) is 16.2 Å². The fourth-order valence-corrected chi connectivity index (χ4v) is 3.93. The first kappa shape index (κ1) is 21.0. The van der Waals surface area contributed by atoms with E-state index in [0.717, 1.165) is 15.7 Å². The van der Waals surface area contributed by atoms with Crippen molar-refractivity contribution in [2.24, 2.45) is 5.10 Å². The van der Waals surface area contributed by atoms with Gasteiger partial charge >= 0.3 is 0 Å². The number of hydrogen-bond donors (Lipinski definition) is 2. The van der Waals surface area contributed by atoms with Gasteiger partial charge in [0.1, 0.15) is 5.75 Å². The number of aryl methyl sites for hydroxylation is 1. The van der Waals surface area contributed by atoms with Crippen LogP contribution in [0, 0.1) is 6.92 Å². The molecule has 3 aromatic rings. The minimum Gasteiger partial charge on any atom is -0.506 e. The van der Waals surface area contributed by atoms with E-state index in [1.807, 2.05) is 19.9 Å². The molecule has 3 rings (SSSR count). The maximum atomic E-state index is 10.4. The number of hydrogen-bond acceptors (Lipinski definition) is 5. The second-order valence-electron chi connectivity index (χ2n) is 5.94. The number of rotatable bonds is 4. The Kier molecular flexibility index (Phi) is 6.60. The van der Waals surface area contributed by atoms with Gasteiger partial charge in [0.15, 0.2) is 11.6 Å². The van der Waals surface area contributed by atoms with Gasteiger partial charge in [-0.15, -0.1) is 0 Å². The molecule has 2 N–H and O–H groups in total. The summed E-state index contributed by atoms with van der Waals surface area (Å²) < 4.78 is 1.34. The maximum Gasteiger partial charge on any atom is 0.165 e. The minimum atomic E-state index is 0.0650. The average Bonchev–Trinajstić information content (AvgIpc) is 2.64. The van der Waals surface area contributed by atoms with E-state index in [9.17, 15) is 5.11 Å². The van der Waals surface area contributed by atoms with Crippen LogP contribution in [0.5, 0.6) is 5.75 Å². The zero-order chi connectivity index (χ0) is 20.4. The van der Waals surface area contributed by atoms with E-state index in [4.69, 9.17) is 23.2 Å². The predicted octanol–water partition coefficient (Wildman–Crippen LogP) is 6.83. The number of benzene rings is 2. The lowest BCUT2D eigenvalue weighted by atomic mass is 10.1. The summed E-state index contributed by atoms with van der Waals surface area (Å²) in [6.07, 6.45) is 0. The SMILES string of the molecule is CC(=NNc1cc(C)nc(-c2cc(Br)cc(Br)c2O)n1)c1ccc(Cl)c(Cl)c1. The summed E-state index contributed by atoms with van der Waals surface area (Å²) in [6.45, 7) is 3.69. The van der Waals surface area contributed by atoms with Crippen LogP contribution in [-0.4, -0.2) is 20.8 Å². The van der Waals surface area contributed by atoms with E-state index >= 15 is 0 Å². The fourth-order valence-electron chi connectivity index (χ4n) is 2.41. The highest BCUT2D eigenvalue weighted by molar-refractivity contribution is 9.11. The van der Waals surface area contributed by atoms with Crippen LogP contribution in [0.25, 0.3) is 11.4 Å². The molecule has 0 unspecified atom stereocenters. The van der Waals surface area contributed by atoms with Crippen LogP contribution in [0.1, 0.15) is 18.2 Å². The summed E-state index contributed by atoms with van der Waals surface area (Å²) in [5, 5.41) is 15.7. The van der Waals surface area contributed by atoms with Crippen molar-refractivity contribution in [3.05, 3.63) is 66.6 Å². The van der Waals surface area contributed by atoms with Crippen molar-refractivity contribution in [3.63, 3.8) is 0 Å². The lowest BCUT2D eigenvalue weighted by molar-refractivity contribution is 0.473. The van der Waals surface area contributed by atoms with Crippen LogP contribution in [-0.2, 0) is 0 Å². The summed E-state index contributed by atoms with van der Waals surface area (Å²) in [4.78, 5) is 8.89. The summed E-state index contributed by atoms with van der Waals surface area (Å²) in [6, 6.07) is 10.6. The van der Waals surface area contributed by atoms with Crippen LogP contribution in [0.3, 0.4) is 0 Å². The molecule has 0 aliphatic rings. The number of halogens is 4. The van der Waals surface area contributed by atoms with E-state index in [2.05, 4.69) is 52.4 Å².